The molecule has 0 bridgehead atoms. The number of pyridine rings is 1. The fourth-order valence-electron chi connectivity index (χ4n) is 3.87. The number of nitrogens with zero attached hydrogens (tertiary/aromatic N) is 2. The van der Waals surface area contributed by atoms with Crippen LogP contribution in [-0.2, 0) is 9.53 Å². The molecule has 1 amide bonds. The van der Waals surface area contributed by atoms with E-state index in [9.17, 15) is 9.90 Å². The van der Waals surface area contributed by atoms with Crippen LogP contribution in [0.3, 0.4) is 0 Å². The van der Waals surface area contributed by atoms with Crippen LogP contribution in [0.4, 0.5) is 0 Å². The average molecular weight is 350 g/mol. The zero-order valence-electron chi connectivity index (χ0n) is 14.5. The molecular formula is C21H22N2O3. The highest BCUT2D eigenvalue weighted by atomic mass is 16.5. The molecule has 2 aliphatic rings. The van der Waals surface area contributed by atoms with Gasteiger partial charge in [-0.05, 0) is 29.7 Å². The first-order chi connectivity index (χ1) is 12.7. The van der Waals surface area contributed by atoms with Gasteiger partial charge < -0.3 is 14.7 Å². The first-order valence-electron chi connectivity index (χ1n) is 8.90. The summed E-state index contributed by atoms with van der Waals surface area (Å²) in [6.45, 7) is 1.31. The van der Waals surface area contributed by atoms with E-state index in [4.69, 9.17) is 4.74 Å². The summed E-state index contributed by atoms with van der Waals surface area (Å²) in [7, 11) is 0. The van der Waals surface area contributed by atoms with E-state index in [0.717, 1.165) is 12.0 Å². The molecule has 2 aliphatic heterocycles. The maximum Gasteiger partial charge on any atom is 0.246 e. The number of aliphatic hydroxyl groups excluding tert-OH is 1. The van der Waals surface area contributed by atoms with E-state index < -0.39 is 11.7 Å². The molecule has 5 nitrogen and oxygen atoms in total. The summed E-state index contributed by atoms with van der Waals surface area (Å²) in [6.07, 6.45) is 6.75. The molecule has 0 saturated carbocycles. The van der Waals surface area contributed by atoms with E-state index in [0.29, 0.717) is 19.7 Å². The van der Waals surface area contributed by atoms with Gasteiger partial charge in [0.15, 0.2) is 0 Å². The molecule has 0 unspecified atom stereocenters. The number of hydrogen-bond donors (Lipinski definition) is 1. The number of benzene rings is 1. The third-order valence-corrected chi connectivity index (χ3v) is 5.31. The minimum atomic E-state index is -0.660. The predicted molar refractivity (Wildman–Crippen MR) is 98.3 cm³/mol. The van der Waals surface area contributed by atoms with Crippen molar-refractivity contribution in [1.29, 1.82) is 0 Å². The van der Waals surface area contributed by atoms with Crippen molar-refractivity contribution in [2.24, 2.45) is 0 Å². The lowest BCUT2D eigenvalue weighted by Gasteiger charge is -2.25. The zero-order valence-corrected chi connectivity index (χ0v) is 14.5. The highest BCUT2D eigenvalue weighted by molar-refractivity contribution is 5.92. The summed E-state index contributed by atoms with van der Waals surface area (Å²) in [5.74, 6) is 0.142. The molecule has 4 rings (SSSR count). The van der Waals surface area contributed by atoms with Gasteiger partial charge in [0.25, 0.3) is 0 Å². The number of ether oxygens (including phenoxy) is 1. The summed E-state index contributed by atoms with van der Waals surface area (Å²) in [5, 5.41) is 10.6. The molecule has 1 spiro atoms. The molecule has 1 N–H and O–H groups in total. The van der Waals surface area contributed by atoms with E-state index in [1.54, 1.807) is 23.4 Å². The number of hydrogen-bond acceptors (Lipinski definition) is 4. The topological polar surface area (TPSA) is 62.7 Å². The molecule has 2 saturated heterocycles. The number of amides is 1. The SMILES string of the molecule is O=C(/C=C/c1cccnc1)N1C[C@@H](O)[C@@]2(C[C@H](c3ccccc3)CO2)C1. The maximum absolute atomic E-state index is 12.5. The molecule has 26 heavy (non-hydrogen) atoms. The Morgan fingerprint density at radius 2 is 2.12 bits per heavy atom. The second kappa shape index (κ2) is 7.02. The molecule has 2 fully saturated rings. The van der Waals surface area contributed by atoms with Gasteiger partial charge in [-0.25, -0.2) is 0 Å². The van der Waals surface area contributed by atoms with Crippen LogP contribution in [0.15, 0.2) is 60.9 Å². The standard InChI is InChI=1S/C21H22N2O3/c24-19-13-23(20(25)9-8-16-5-4-10-22-12-16)15-21(19)11-18(14-26-21)17-6-2-1-3-7-17/h1-10,12,18-19,24H,11,13-15H2/b9-8+/t18-,19+,21+/m0/s1. The number of aliphatic hydroxyl groups is 1. The van der Waals surface area contributed by atoms with Gasteiger partial charge in [-0.2, -0.15) is 0 Å². The highest BCUT2D eigenvalue weighted by Crippen LogP contribution is 2.42. The smallest absolute Gasteiger partial charge is 0.246 e. The van der Waals surface area contributed by atoms with Crippen LogP contribution in [0.5, 0.6) is 0 Å². The van der Waals surface area contributed by atoms with E-state index in [-0.39, 0.29) is 11.8 Å². The average Bonchev–Trinajstić information content (AvgIpc) is 3.26. The van der Waals surface area contributed by atoms with E-state index in [1.807, 2.05) is 30.3 Å². The number of likely N-dealkylation sites (tertiary alicyclic amines) is 1. The molecule has 2 aromatic rings. The van der Waals surface area contributed by atoms with Crippen LogP contribution in [0, 0.1) is 0 Å². The monoisotopic (exact) mass is 350 g/mol. The van der Waals surface area contributed by atoms with Crippen LogP contribution in [0.2, 0.25) is 0 Å². The fraction of sp³-hybridized carbons (Fsp3) is 0.333. The van der Waals surface area contributed by atoms with Crippen molar-refractivity contribution < 1.29 is 14.6 Å². The summed E-state index contributed by atoms with van der Waals surface area (Å²) < 4.78 is 6.05. The summed E-state index contributed by atoms with van der Waals surface area (Å²) >= 11 is 0. The van der Waals surface area contributed by atoms with Gasteiger partial charge in [-0.3, -0.25) is 9.78 Å². The van der Waals surface area contributed by atoms with Crippen LogP contribution in [0.1, 0.15) is 23.5 Å². The van der Waals surface area contributed by atoms with Gasteiger partial charge in [0.1, 0.15) is 11.7 Å². The summed E-state index contributed by atoms with van der Waals surface area (Å²) in [5.41, 5.74) is 1.44. The molecule has 5 heteroatoms. The van der Waals surface area contributed by atoms with Gasteiger partial charge in [0.2, 0.25) is 5.91 Å². The third kappa shape index (κ3) is 3.28. The normalized spacial score (nSPS) is 28.3. The first kappa shape index (κ1) is 16.9. The van der Waals surface area contributed by atoms with Crippen molar-refractivity contribution >= 4 is 12.0 Å². The quantitative estimate of drug-likeness (QED) is 0.863. The number of rotatable bonds is 3. The fourth-order valence-corrected chi connectivity index (χ4v) is 3.87. The molecule has 0 aliphatic carbocycles. The maximum atomic E-state index is 12.5. The van der Waals surface area contributed by atoms with Crippen molar-refractivity contribution in [3.63, 3.8) is 0 Å². The minimum absolute atomic E-state index is 0.114. The van der Waals surface area contributed by atoms with Crippen LogP contribution >= 0.6 is 0 Å². The number of carbonyl (C=O) groups excluding carboxylic acids is 1. The van der Waals surface area contributed by atoms with Gasteiger partial charge in [-0.1, -0.05) is 36.4 Å². The minimum Gasteiger partial charge on any atom is -0.388 e. The largest absolute Gasteiger partial charge is 0.388 e. The first-order valence-corrected chi connectivity index (χ1v) is 8.90. The Hall–Kier alpha value is -2.50. The lowest BCUT2D eigenvalue weighted by atomic mass is 9.87. The van der Waals surface area contributed by atoms with Crippen molar-refractivity contribution in [1.82, 2.24) is 9.88 Å². The lowest BCUT2D eigenvalue weighted by molar-refractivity contribution is -0.126. The molecule has 134 valence electrons. The number of carbonyl (C=O) groups is 1. The Morgan fingerprint density at radius 1 is 1.27 bits per heavy atom. The van der Waals surface area contributed by atoms with Gasteiger partial charge in [0.05, 0.1) is 13.2 Å². The van der Waals surface area contributed by atoms with E-state index in [2.05, 4.69) is 17.1 Å². The van der Waals surface area contributed by atoms with Crippen LogP contribution < -0.4 is 0 Å². The second-order valence-electron chi connectivity index (χ2n) is 7.04. The third-order valence-electron chi connectivity index (χ3n) is 5.31. The highest BCUT2D eigenvalue weighted by Gasteiger charge is 2.52. The Bertz CT molecular complexity index is 793. The van der Waals surface area contributed by atoms with Gasteiger partial charge in [0, 0.05) is 30.9 Å². The van der Waals surface area contributed by atoms with Gasteiger partial charge >= 0.3 is 0 Å². The van der Waals surface area contributed by atoms with E-state index in [1.165, 1.54) is 11.6 Å². The van der Waals surface area contributed by atoms with Crippen LogP contribution in [-0.4, -0.2) is 52.3 Å². The lowest BCUT2D eigenvalue weighted by Crippen LogP contribution is -2.41. The predicted octanol–water partition coefficient (Wildman–Crippen LogP) is 2.24. The van der Waals surface area contributed by atoms with E-state index >= 15 is 0 Å². The Labute approximate surface area is 152 Å². The molecule has 0 radical (unpaired) electrons. The Morgan fingerprint density at radius 3 is 2.88 bits per heavy atom. The number of β-amino-alcohol motifs (C(OH)–C–C–N with tert-alkyl or cyclic N) is 1. The second-order valence-corrected chi connectivity index (χ2v) is 7.04. The van der Waals surface area contributed by atoms with Gasteiger partial charge in [-0.15, -0.1) is 0 Å². The number of aromatic nitrogens is 1. The zero-order chi connectivity index (χ0) is 18.0. The Balaban J connectivity index is 1.43. The van der Waals surface area contributed by atoms with Crippen molar-refractivity contribution in [3.05, 3.63) is 72.1 Å². The molecule has 1 aromatic heterocycles. The molecule has 3 heterocycles. The molecule has 1 aromatic carbocycles. The molecular weight excluding hydrogens is 328 g/mol. The summed E-state index contributed by atoms with van der Waals surface area (Å²) in [6, 6.07) is 13.9. The summed E-state index contributed by atoms with van der Waals surface area (Å²) in [4.78, 5) is 18.2. The molecule has 3 atom stereocenters. The van der Waals surface area contributed by atoms with Crippen molar-refractivity contribution in [3.8, 4) is 0 Å². The Kier molecular flexibility index (Phi) is 4.57. The van der Waals surface area contributed by atoms with Crippen molar-refractivity contribution in [2.45, 2.75) is 24.0 Å². The van der Waals surface area contributed by atoms with Crippen LogP contribution in [0.25, 0.3) is 6.08 Å². The van der Waals surface area contributed by atoms with Crippen molar-refractivity contribution in [2.75, 3.05) is 19.7 Å².